The van der Waals surface area contributed by atoms with Gasteiger partial charge in [0.1, 0.15) is 31.0 Å². The van der Waals surface area contributed by atoms with Gasteiger partial charge in [0.25, 0.3) is 0 Å². The summed E-state index contributed by atoms with van der Waals surface area (Å²) in [7, 11) is 1.27. The summed E-state index contributed by atoms with van der Waals surface area (Å²) in [5.74, 6) is -4.85. The number of ether oxygens (including phenoxy) is 12. The van der Waals surface area contributed by atoms with E-state index in [2.05, 4.69) is 0 Å². The Morgan fingerprint density at radius 1 is 0.479 bits per heavy atom. The summed E-state index contributed by atoms with van der Waals surface area (Å²) >= 11 is 0. The van der Waals surface area contributed by atoms with Crippen molar-refractivity contribution in [2.45, 2.75) is 94.9 Å². The molecule has 18 heteroatoms. The van der Waals surface area contributed by atoms with E-state index >= 15 is 0 Å². The first-order chi connectivity index (χ1) is 35.4. The molecule has 0 aliphatic carbocycles. The summed E-state index contributed by atoms with van der Waals surface area (Å²) < 4.78 is 73.9. The van der Waals surface area contributed by atoms with Crippen LogP contribution in [0, 0.1) is 0 Å². The Hall–Kier alpha value is -7.32. The molecule has 2 aliphatic rings. The standard InChI is InChI=1S/C55H56O18/c1-5-63-53(61)43(37-23-13-7-14-24-37)70-49-46(67-35(3)57)44(65-31-36-21-11-6-12-22-36)41(32-64-34(2)56)69-55(49)66-33-42-45(71-50(58)38-25-15-8-16-26-38)47(72-51(59)39-27-17-9-18-28-39)48(54(62-4)68-42)73-52(60)40-29-19-10-20-30-40/h6-30,41-49,54-55H,5,31-33H2,1-4H3/t41-,42-,43+,44-,45-,46+,47+,48-,49-,54+,55+/m1/s1. The Balaban J connectivity index is 1.31. The Morgan fingerprint density at radius 2 is 0.945 bits per heavy atom. The van der Waals surface area contributed by atoms with Crippen molar-refractivity contribution in [2.24, 2.45) is 0 Å². The fourth-order valence-electron chi connectivity index (χ4n) is 8.15. The van der Waals surface area contributed by atoms with Gasteiger partial charge < -0.3 is 56.8 Å². The van der Waals surface area contributed by atoms with E-state index in [0.717, 1.165) is 5.56 Å². The first-order valence-corrected chi connectivity index (χ1v) is 23.5. The zero-order valence-corrected chi connectivity index (χ0v) is 40.5. The van der Waals surface area contributed by atoms with Gasteiger partial charge in [0.2, 0.25) is 0 Å². The van der Waals surface area contributed by atoms with Crippen molar-refractivity contribution in [3.63, 3.8) is 0 Å². The smallest absolute Gasteiger partial charge is 0.339 e. The number of esters is 6. The first-order valence-electron chi connectivity index (χ1n) is 23.5. The molecule has 0 radical (unpaired) electrons. The number of methoxy groups -OCH3 is 1. The summed E-state index contributed by atoms with van der Waals surface area (Å²) in [6.45, 7) is 2.88. The summed E-state index contributed by atoms with van der Waals surface area (Å²) in [5.41, 5.74) is 1.45. The minimum atomic E-state index is -1.66. The van der Waals surface area contributed by atoms with Crippen LogP contribution in [0.15, 0.2) is 152 Å². The Bertz CT molecular complexity index is 2570. The fourth-order valence-corrected chi connectivity index (χ4v) is 8.15. The highest BCUT2D eigenvalue weighted by molar-refractivity contribution is 5.91. The van der Waals surface area contributed by atoms with E-state index in [1.165, 1.54) is 57.4 Å². The molecule has 0 spiro atoms. The highest BCUT2D eigenvalue weighted by Gasteiger charge is 2.56. The number of hydrogen-bond acceptors (Lipinski definition) is 18. The van der Waals surface area contributed by atoms with Crippen LogP contribution < -0.4 is 0 Å². The van der Waals surface area contributed by atoms with Crippen LogP contribution in [-0.4, -0.2) is 124 Å². The predicted molar refractivity (Wildman–Crippen MR) is 255 cm³/mol. The number of carbonyl (C=O) groups is 6. The lowest BCUT2D eigenvalue weighted by atomic mass is 9.96. The number of carbonyl (C=O) groups excluding carboxylic acids is 6. The summed E-state index contributed by atoms with van der Waals surface area (Å²) in [4.78, 5) is 81.3. The highest BCUT2D eigenvalue weighted by atomic mass is 16.8. The van der Waals surface area contributed by atoms with Crippen LogP contribution in [0.3, 0.4) is 0 Å². The molecule has 0 amide bonds. The fraction of sp³-hybridized carbons (Fsp3) is 0.345. The molecule has 2 saturated heterocycles. The molecular formula is C55H56O18. The molecule has 5 aromatic carbocycles. The van der Waals surface area contributed by atoms with Crippen LogP contribution in [0.2, 0.25) is 0 Å². The maximum absolute atomic E-state index is 14.1. The van der Waals surface area contributed by atoms with Gasteiger partial charge in [-0.1, -0.05) is 115 Å². The van der Waals surface area contributed by atoms with E-state index < -0.39 is 117 Å². The van der Waals surface area contributed by atoms with Gasteiger partial charge in [0, 0.05) is 21.0 Å². The lowest BCUT2D eigenvalue weighted by Gasteiger charge is -2.47. The molecule has 0 unspecified atom stereocenters. The van der Waals surface area contributed by atoms with Gasteiger partial charge in [-0.25, -0.2) is 19.2 Å². The summed E-state index contributed by atoms with van der Waals surface area (Å²) in [5, 5.41) is 0. The van der Waals surface area contributed by atoms with Gasteiger partial charge in [-0.3, -0.25) is 9.59 Å². The monoisotopic (exact) mass is 1000 g/mol. The molecule has 7 rings (SSSR count). The quantitative estimate of drug-likeness (QED) is 0.0563. The maximum Gasteiger partial charge on any atom is 0.339 e. The second kappa shape index (κ2) is 26.4. The molecule has 0 bridgehead atoms. The van der Waals surface area contributed by atoms with Crippen LogP contribution in [0.5, 0.6) is 0 Å². The van der Waals surface area contributed by atoms with Gasteiger partial charge in [-0.15, -0.1) is 0 Å². The van der Waals surface area contributed by atoms with Crippen LogP contribution in [0.25, 0.3) is 0 Å². The summed E-state index contributed by atoms with van der Waals surface area (Å²) in [6.07, 6.45) is -16.4. The van der Waals surface area contributed by atoms with E-state index in [0.29, 0.717) is 5.56 Å². The highest BCUT2D eigenvalue weighted by Crippen LogP contribution is 2.36. The van der Waals surface area contributed by atoms with Gasteiger partial charge in [-0.05, 0) is 54.4 Å². The van der Waals surface area contributed by atoms with Gasteiger partial charge in [-0.2, -0.15) is 0 Å². The van der Waals surface area contributed by atoms with Crippen molar-refractivity contribution in [1.29, 1.82) is 0 Å². The second-order valence-electron chi connectivity index (χ2n) is 16.6. The molecule has 2 fully saturated rings. The number of rotatable bonds is 21. The minimum absolute atomic E-state index is 0.0201. The maximum atomic E-state index is 14.1. The predicted octanol–water partition coefficient (Wildman–Crippen LogP) is 6.55. The van der Waals surface area contributed by atoms with Crippen molar-refractivity contribution in [3.05, 3.63) is 179 Å². The zero-order valence-electron chi connectivity index (χ0n) is 40.5. The molecule has 18 nitrogen and oxygen atoms in total. The van der Waals surface area contributed by atoms with Crippen molar-refractivity contribution < 1.29 is 85.6 Å². The molecule has 5 aromatic rings. The molecule has 0 aromatic heterocycles. The Labute approximate surface area is 421 Å². The normalized spacial score (nSPS) is 23.9. The average molecular weight is 1010 g/mol. The zero-order chi connectivity index (χ0) is 51.7. The van der Waals surface area contributed by atoms with Crippen molar-refractivity contribution >= 4 is 35.8 Å². The van der Waals surface area contributed by atoms with Gasteiger partial charge in [0.15, 0.2) is 43.1 Å². The molecule has 2 heterocycles. The van der Waals surface area contributed by atoms with E-state index in [4.69, 9.17) is 56.8 Å². The van der Waals surface area contributed by atoms with Crippen LogP contribution >= 0.6 is 0 Å². The minimum Gasteiger partial charge on any atom is -0.464 e. The Kier molecular flexibility index (Phi) is 19.3. The lowest BCUT2D eigenvalue weighted by Crippen LogP contribution is -2.65. The van der Waals surface area contributed by atoms with Gasteiger partial charge >= 0.3 is 35.8 Å². The van der Waals surface area contributed by atoms with Crippen LogP contribution in [0.1, 0.15) is 69.1 Å². The third kappa shape index (κ3) is 14.4. The molecular weight excluding hydrogens is 949 g/mol. The first kappa shape index (κ1) is 53.5. The average Bonchev–Trinajstić information content (AvgIpc) is 3.41. The molecule has 2 aliphatic heterocycles. The van der Waals surface area contributed by atoms with Gasteiger partial charge in [0.05, 0.1) is 36.5 Å². The third-order valence-electron chi connectivity index (χ3n) is 11.5. The van der Waals surface area contributed by atoms with E-state index in [1.807, 2.05) is 30.3 Å². The lowest BCUT2D eigenvalue weighted by molar-refractivity contribution is -0.340. The molecule has 11 atom stereocenters. The topological polar surface area (TPSA) is 213 Å². The summed E-state index contributed by atoms with van der Waals surface area (Å²) in [6, 6.07) is 41.4. The largest absolute Gasteiger partial charge is 0.464 e. The van der Waals surface area contributed by atoms with E-state index in [-0.39, 0.29) is 29.9 Å². The van der Waals surface area contributed by atoms with E-state index in [9.17, 15) is 28.8 Å². The van der Waals surface area contributed by atoms with Crippen molar-refractivity contribution in [3.8, 4) is 0 Å². The molecule has 73 heavy (non-hydrogen) atoms. The van der Waals surface area contributed by atoms with Crippen LogP contribution in [0.4, 0.5) is 0 Å². The molecule has 0 saturated carbocycles. The molecule has 384 valence electrons. The number of hydrogen-bond donors (Lipinski definition) is 0. The number of benzene rings is 5. The second-order valence-corrected chi connectivity index (χ2v) is 16.6. The molecule has 0 N–H and O–H groups in total. The van der Waals surface area contributed by atoms with E-state index in [1.54, 1.807) is 91.9 Å². The Morgan fingerprint density at radius 3 is 1.45 bits per heavy atom. The van der Waals surface area contributed by atoms with Crippen LogP contribution in [-0.2, 0) is 77.8 Å². The van der Waals surface area contributed by atoms with Crippen molar-refractivity contribution in [2.75, 3.05) is 26.9 Å². The third-order valence-corrected chi connectivity index (χ3v) is 11.5. The van der Waals surface area contributed by atoms with Crippen molar-refractivity contribution in [1.82, 2.24) is 0 Å². The SMILES string of the molecule is CCOC(=O)[C@@H](O[C@H]1[C@@H](OC[C@H]2O[C@H](OC)[C@H](OC(=O)c3ccccc3)[C@@H](OC(=O)c3ccccc3)[C@@H]2OC(=O)c2ccccc2)O[C@H](COC(C)=O)[C@@H](OCc2ccccc2)[C@@H]1OC(C)=O)c1ccccc1.